The number of pyridine rings is 1. The Hall–Kier alpha value is -2.08. The number of anilines is 1. The molecule has 0 spiro atoms. The number of H-pyrrole nitrogens is 1. The number of thioether (sulfide) groups is 1. The maximum atomic E-state index is 13.0. The lowest BCUT2D eigenvalue weighted by Crippen LogP contribution is -2.44. The normalized spacial score (nSPS) is 20.2. The molecule has 0 aromatic carbocycles. The second kappa shape index (κ2) is 9.82. The second-order valence-electron chi connectivity index (χ2n) is 7.71. The standard InChI is InChI=1S/C20H24ClN5O4S2/c21-15-3-4-18(23-11-15)24-19(27)14-2-1-5-25(13-14)20(28)17-10-16(12-22-17)32(29,30)26-6-8-31-9-7-26/h3-4,10-12,14,22H,1-2,5-9,13H2,(H,23,24,27). The highest BCUT2D eigenvalue weighted by Crippen LogP contribution is 2.24. The summed E-state index contributed by atoms with van der Waals surface area (Å²) in [5.41, 5.74) is 0.204. The zero-order valence-electron chi connectivity index (χ0n) is 17.3. The number of likely N-dealkylation sites (tertiary alicyclic amines) is 1. The maximum absolute atomic E-state index is 13.0. The van der Waals surface area contributed by atoms with Crippen LogP contribution < -0.4 is 5.32 Å². The molecule has 1 atom stereocenters. The van der Waals surface area contributed by atoms with Gasteiger partial charge in [-0.3, -0.25) is 9.59 Å². The minimum absolute atomic E-state index is 0.0906. The van der Waals surface area contributed by atoms with Gasteiger partial charge in [0, 0.05) is 50.1 Å². The van der Waals surface area contributed by atoms with Gasteiger partial charge in [0.15, 0.2) is 0 Å². The van der Waals surface area contributed by atoms with Crippen LogP contribution >= 0.6 is 23.4 Å². The van der Waals surface area contributed by atoms with Crippen LogP contribution in [0.2, 0.25) is 5.02 Å². The van der Waals surface area contributed by atoms with E-state index in [-0.39, 0.29) is 34.9 Å². The predicted octanol–water partition coefficient (Wildman–Crippen LogP) is 2.29. The van der Waals surface area contributed by atoms with Gasteiger partial charge in [-0.2, -0.15) is 16.1 Å². The first-order chi connectivity index (χ1) is 15.3. The fraction of sp³-hybridized carbons (Fsp3) is 0.450. The van der Waals surface area contributed by atoms with E-state index in [9.17, 15) is 18.0 Å². The van der Waals surface area contributed by atoms with Gasteiger partial charge in [-0.15, -0.1) is 0 Å². The van der Waals surface area contributed by atoms with E-state index < -0.39 is 10.0 Å². The first-order valence-corrected chi connectivity index (χ1v) is 13.3. The average Bonchev–Trinajstić information content (AvgIpc) is 3.32. The van der Waals surface area contributed by atoms with Gasteiger partial charge in [0.1, 0.15) is 16.4 Å². The first kappa shape index (κ1) is 23.1. The van der Waals surface area contributed by atoms with Crippen LogP contribution in [0.4, 0.5) is 5.82 Å². The molecule has 0 saturated carbocycles. The van der Waals surface area contributed by atoms with Crippen LogP contribution in [0.1, 0.15) is 23.3 Å². The Bertz CT molecular complexity index is 1080. The van der Waals surface area contributed by atoms with Crippen LogP contribution in [0, 0.1) is 5.92 Å². The van der Waals surface area contributed by atoms with Crippen molar-refractivity contribution in [2.45, 2.75) is 17.7 Å². The summed E-state index contributed by atoms with van der Waals surface area (Å²) in [5.74, 6) is 1.02. The number of carbonyl (C=O) groups is 2. The zero-order valence-corrected chi connectivity index (χ0v) is 19.7. The van der Waals surface area contributed by atoms with Crippen LogP contribution in [0.5, 0.6) is 0 Å². The van der Waals surface area contributed by atoms with Crippen LogP contribution in [0.15, 0.2) is 35.5 Å². The Morgan fingerprint density at radius 2 is 2.00 bits per heavy atom. The molecule has 32 heavy (non-hydrogen) atoms. The van der Waals surface area contributed by atoms with Crippen molar-refractivity contribution in [1.29, 1.82) is 0 Å². The Balaban J connectivity index is 1.41. The molecular formula is C20H24ClN5O4S2. The van der Waals surface area contributed by atoms with Gasteiger partial charge < -0.3 is 15.2 Å². The third kappa shape index (κ3) is 5.11. The number of aromatic amines is 1. The Kier molecular flexibility index (Phi) is 7.08. The molecule has 2 N–H and O–H groups in total. The van der Waals surface area contributed by atoms with Crippen LogP contribution in [0.25, 0.3) is 0 Å². The fourth-order valence-corrected chi connectivity index (χ4v) is 6.49. The molecule has 0 radical (unpaired) electrons. The van der Waals surface area contributed by atoms with Gasteiger partial charge >= 0.3 is 0 Å². The molecule has 0 aliphatic carbocycles. The summed E-state index contributed by atoms with van der Waals surface area (Å²) in [5, 5.41) is 3.23. The van der Waals surface area contributed by atoms with Gasteiger partial charge in [-0.1, -0.05) is 11.6 Å². The molecule has 2 aromatic heterocycles. The molecule has 0 bridgehead atoms. The summed E-state index contributed by atoms with van der Waals surface area (Å²) in [7, 11) is -3.63. The first-order valence-electron chi connectivity index (χ1n) is 10.3. The van der Waals surface area contributed by atoms with Gasteiger partial charge in [-0.05, 0) is 31.0 Å². The summed E-state index contributed by atoms with van der Waals surface area (Å²) >= 11 is 7.54. The number of carbonyl (C=O) groups excluding carboxylic acids is 2. The molecule has 12 heteroatoms. The molecule has 2 amide bonds. The minimum atomic E-state index is -3.63. The number of nitrogens with zero attached hydrogens (tertiary/aromatic N) is 3. The van der Waals surface area contributed by atoms with E-state index >= 15 is 0 Å². The van der Waals surface area contributed by atoms with Gasteiger partial charge in [-0.25, -0.2) is 13.4 Å². The number of rotatable bonds is 5. The van der Waals surface area contributed by atoms with Crippen LogP contribution in [-0.4, -0.2) is 77.1 Å². The summed E-state index contributed by atoms with van der Waals surface area (Å²) in [6.45, 7) is 1.69. The predicted molar refractivity (Wildman–Crippen MR) is 123 cm³/mol. The lowest BCUT2D eigenvalue weighted by Gasteiger charge is -2.31. The smallest absolute Gasteiger partial charge is 0.270 e. The second-order valence-corrected chi connectivity index (χ2v) is 11.3. The number of sulfonamides is 1. The highest BCUT2D eigenvalue weighted by atomic mass is 35.5. The van der Waals surface area contributed by atoms with E-state index in [4.69, 9.17) is 11.6 Å². The average molecular weight is 498 g/mol. The summed E-state index contributed by atoms with van der Waals surface area (Å²) in [4.78, 5) is 34.2. The third-order valence-corrected chi connectivity index (χ3v) is 8.60. The molecule has 2 aliphatic heterocycles. The van der Waals surface area contributed by atoms with Crippen molar-refractivity contribution in [3.63, 3.8) is 0 Å². The van der Waals surface area contributed by atoms with Crippen molar-refractivity contribution >= 4 is 51.0 Å². The number of aromatic nitrogens is 2. The number of halogens is 1. The number of hydrogen-bond donors (Lipinski definition) is 2. The molecule has 4 heterocycles. The lowest BCUT2D eigenvalue weighted by molar-refractivity contribution is -0.121. The van der Waals surface area contributed by atoms with E-state index in [0.29, 0.717) is 43.3 Å². The van der Waals surface area contributed by atoms with Gasteiger partial charge in [0.2, 0.25) is 15.9 Å². The topological polar surface area (TPSA) is 115 Å². The molecular weight excluding hydrogens is 474 g/mol. The number of piperidine rings is 1. The van der Waals surface area contributed by atoms with Crippen molar-refractivity contribution in [1.82, 2.24) is 19.2 Å². The van der Waals surface area contributed by atoms with E-state index in [0.717, 1.165) is 11.5 Å². The quantitative estimate of drug-likeness (QED) is 0.654. The number of amides is 2. The third-order valence-electron chi connectivity index (χ3n) is 5.55. The van der Waals surface area contributed by atoms with Gasteiger partial charge in [0.05, 0.1) is 10.9 Å². The molecule has 172 valence electrons. The van der Waals surface area contributed by atoms with Crippen molar-refractivity contribution < 1.29 is 18.0 Å². The molecule has 1 unspecified atom stereocenters. The number of hydrogen-bond acceptors (Lipinski definition) is 6. The highest BCUT2D eigenvalue weighted by molar-refractivity contribution is 7.99. The fourth-order valence-electron chi connectivity index (χ4n) is 3.81. The minimum Gasteiger partial charge on any atom is -0.356 e. The lowest BCUT2D eigenvalue weighted by atomic mass is 9.97. The Morgan fingerprint density at radius 1 is 1.22 bits per heavy atom. The molecule has 2 aromatic rings. The molecule has 9 nitrogen and oxygen atoms in total. The summed E-state index contributed by atoms with van der Waals surface area (Å²) in [6, 6.07) is 4.65. The molecule has 2 aliphatic rings. The van der Waals surface area contributed by atoms with Gasteiger partial charge in [0.25, 0.3) is 5.91 Å². The van der Waals surface area contributed by atoms with E-state index in [1.165, 1.54) is 22.8 Å². The number of nitrogens with one attached hydrogen (secondary N) is 2. The van der Waals surface area contributed by atoms with Crippen molar-refractivity contribution in [2.24, 2.45) is 5.92 Å². The van der Waals surface area contributed by atoms with Crippen molar-refractivity contribution in [3.8, 4) is 0 Å². The zero-order chi connectivity index (χ0) is 22.7. The van der Waals surface area contributed by atoms with E-state index in [1.54, 1.807) is 28.8 Å². The van der Waals surface area contributed by atoms with Crippen molar-refractivity contribution in [2.75, 3.05) is 43.0 Å². The summed E-state index contributed by atoms with van der Waals surface area (Å²) in [6.07, 6.45) is 4.15. The Morgan fingerprint density at radius 3 is 2.72 bits per heavy atom. The maximum Gasteiger partial charge on any atom is 0.270 e. The molecule has 2 saturated heterocycles. The summed E-state index contributed by atoms with van der Waals surface area (Å²) < 4.78 is 27.1. The molecule has 2 fully saturated rings. The van der Waals surface area contributed by atoms with Crippen LogP contribution in [-0.2, 0) is 14.8 Å². The highest BCUT2D eigenvalue weighted by Gasteiger charge is 2.32. The molecule has 4 rings (SSSR count). The monoisotopic (exact) mass is 497 g/mol. The van der Waals surface area contributed by atoms with Crippen molar-refractivity contribution in [3.05, 3.63) is 41.3 Å². The van der Waals surface area contributed by atoms with Crippen LogP contribution in [0.3, 0.4) is 0 Å². The Labute approximate surface area is 195 Å². The SMILES string of the molecule is O=C(Nc1ccc(Cl)cn1)C1CCCN(C(=O)c2cc(S(=O)(=O)N3CCSCC3)c[nH]2)C1. The largest absolute Gasteiger partial charge is 0.356 e. The van der Waals surface area contributed by atoms with E-state index in [2.05, 4.69) is 15.3 Å². The van der Waals surface area contributed by atoms with E-state index in [1.807, 2.05) is 0 Å².